The van der Waals surface area contributed by atoms with E-state index in [0.29, 0.717) is 5.95 Å². The number of rotatable bonds is 3. The molecule has 3 heteroatoms. The van der Waals surface area contributed by atoms with Crippen molar-refractivity contribution in [2.24, 2.45) is 0 Å². The van der Waals surface area contributed by atoms with E-state index in [0.717, 1.165) is 0 Å². The maximum atomic E-state index is 4.65. The Hall–Kier alpha value is -1.12. The van der Waals surface area contributed by atoms with E-state index >= 15 is 0 Å². The minimum absolute atomic E-state index is 0.368. The van der Waals surface area contributed by atoms with Crippen molar-refractivity contribution in [2.75, 3.05) is 21.3 Å². The summed E-state index contributed by atoms with van der Waals surface area (Å²) in [7, 11) is 4.54. The van der Waals surface area contributed by atoms with Gasteiger partial charge in [0, 0.05) is 0 Å². The minimum atomic E-state index is 0.368. The second-order valence-corrected chi connectivity index (χ2v) is 1.08. The zero-order chi connectivity index (χ0) is 8.41. The van der Waals surface area contributed by atoms with Crippen molar-refractivity contribution in [1.82, 2.24) is 0 Å². The second kappa shape index (κ2) is 10.8. The topological polar surface area (TPSA) is 27.7 Å². The molecule has 0 aromatic carbocycles. The van der Waals surface area contributed by atoms with Gasteiger partial charge >= 0.3 is 5.95 Å². The number of ether oxygens (including phenoxy) is 3. The summed E-state index contributed by atoms with van der Waals surface area (Å²) in [5.41, 5.74) is 0. The molecule has 0 saturated heterocycles. The summed E-state index contributed by atoms with van der Waals surface area (Å²) in [6.07, 6.45) is 1.38. The lowest BCUT2D eigenvalue weighted by molar-refractivity contribution is 0.0797. The van der Waals surface area contributed by atoms with Crippen LogP contribution in [0.4, 0.5) is 0 Å². The smallest absolute Gasteiger partial charge is 0.314 e. The molecule has 0 atom stereocenters. The molecule has 0 aromatic rings. The predicted molar refractivity (Wildman–Crippen MR) is 40.4 cm³/mol. The molecule has 60 valence electrons. The van der Waals surface area contributed by atoms with Crippen LogP contribution in [0.5, 0.6) is 0 Å². The fourth-order valence-corrected chi connectivity index (χ4v) is 0.276. The molecule has 0 aliphatic heterocycles. The van der Waals surface area contributed by atoms with Crippen molar-refractivity contribution in [3.8, 4) is 0 Å². The average molecular weight is 146 g/mol. The first-order valence-electron chi connectivity index (χ1n) is 2.66. The average Bonchev–Trinajstić information content (AvgIpc) is 2.04. The van der Waals surface area contributed by atoms with E-state index in [1.165, 1.54) is 27.6 Å². The first-order valence-corrected chi connectivity index (χ1v) is 2.66. The maximum absolute atomic E-state index is 4.65. The van der Waals surface area contributed by atoms with Crippen LogP contribution < -0.4 is 0 Å². The van der Waals surface area contributed by atoms with Gasteiger partial charge in [-0.05, 0) is 0 Å². The van der Waals surface area contributed by atoms with Gasteiger partial charge in [0.1, 0.15) is 0 Å². The quantitative estimate of drug-likeness (QED) is 0.446. The van der Waals surface area contributed by atoms with Gasteiger partial charge in [0.05, 0.1) is 21.3 Å². The van der Waals surface area contributed by atoms with Crippen LogP contribution >= 0.6 is 0 Å². The molecular formula is C7H14O3. The monoisotopic (exact) mass is 146 g/mol. The summed E-state index contributed by atoms with van der Waals surface area (Å²) < 4.78 is 13.9. The van der Waals surface area contributed by atoms with E-state index < -0.39 is 0 Å². The molecule has 0 rings (SSSR count). The Morgan fingerprint density at radius 3 is 1.60 bits per heavy atom. The van der Waals surface area contributed by atoms with Gasteiger partial charge in [0.2, 0.25) is 0 Å². The Labute approximate surface area is 61.9 Å². The molecule has 0 unspecified atom stereocenters. The Bertz CT molecular complexity index is 82.9. The highest BCUT2D eigenvalue weighted by molar-refractivity contribution is 4.72. The fourth-order valence-electron chi connectivity index (χ4n) is 0.276. The molecule has 0 fully saturated rings. The van der Waals surface area contributed by atoms with Crippen LogP contribution in [-0.2, 0) is 14.2 Å². The third-order valence-corrected chi connectivity index (χ3v) is 0.616. The molecular weight excluding hydrogens is 132 g/mol. The Kier molecular flexibility index (Phi) is 12.6. The minimum Gasteiger partial charge on any atom is -0.497 e. The van der Waals surface area contributed by atoms with Crippen LogP contribution in [0.1, 0.15) is 0 Å². The van der Waals surface area contributed by atoms with E-state index in [2.05, 4.69) is 27.4 Å². The van der Waals surface area contributed by atoms with Gasteiger partial charge in [-0.1, -0.05) is 0 Å². The van der Waals surface area contributed by atoms with Crippen LogP contribution in [0.3, 0.4) is 0 Å². The SMILES string of the molecule is C=C.COC=C(OC)OC. The van der Waals surface area contributed by atoms with Gasteiger partial charge in [-0.3, -0.25) is 0 Å². The van der Waals surface area contributed by atoms with Crippen molar-refractivity contribution in [3.63, 3.8) is 0 Å². The fraction of sp³-hybridized carbons (Fsp3) is 0.429. The normalized spacial score (nSPS) is 6.30. The lowest BCUT2D eigenvalue weighted by Crippen LogP contribution is -1.89. The standard InChI is InChI=1S/C5H10O3.C2H4/c1-6-4-5(7-2)8-3;1-2/h4H,1-3H3;1-2H2. The van der Waals surface area contributed by atoms with Gasteiger partial charge in [0.25, 0.3) is 0 Å². The molecule has 0 aromatic heterocycles. The van der Waals surface area contributed by atoms with Crippen molar-refractivity contribution >= 4 is 0 Å². The molecule has 0 N–H and O–H groups in total. The van der Waals surface area contributed by atoms with Crippen LogP contribution in [0, 0.1) is 0 Å². The highest BCUT2D eigenvalue weighted by atomic mass is 16.7. The van der Waals surface area contributed by atoms with Crippen molar-refractivity contribution < 1.29 is 14.2 Å². The third-order valence-electron chi connectivity index (χ3n) is 0.616. The molecule has 0 amide bonds. The first kappa shape index (κ1) is 11.6. The highest BCUT2D eigenvalue weighted by Crippen LogP contribution is 1.93. The van der Waals surface area contributed by atoms with E-state index in [9.17, 15) is 0 Å². The summed E-state index contributed by atoms with van der Waals surface area (Å²) in [4.78, 5) is 0. The summed E-state index contributed by atoms with van der Waals surface area (Å²) in [5.74, 6) is 0.368. The van der Waals surface area contributed by atoms with E-state index in [4.69, 9.17) is 0 Å². The summed E-state index contributed by atoms with van der Waals surface area (Å²) in [5, 5.41) is 0. The highest BCUT2D eigenvalue weighted by Gasteiger charge is 1.87. The van der Waals surface area contributed by atoms with Crippen LogP contribution in [-0.4, -0.2) is 21.3 Å². The predicted octanol–water partition coefficient (Wildman–Crippen LogP) is 1.53. The molecule has 0 spiro atoms. The number of hydrogen-bond acceptors (Lipinski definition) is 3. The van der Waals surface area contributed by atoms with Crippen LogP contribution in [0.2, 0.25) is 0 Å². The van der Waals surface area contributed by atoms with Gasteiger partial charge in [-0.2, -0.15) is 0 Å². The Morgan fingerprint density at radius 2 is 1.50 bits per heavy atom. The molecule has 10 heavy (non-hydrogen) atoms. The van der Waals surface area contributed by atoms with Gasteiger partial charge in [0.15, 0.2) is 6.26 Å². The Balaban J connectivity index is 0. The first-order chi connectivity index (χ1) is 4.85. The lowest BCUT2D eigenvalue weighted by Gasteiger charge is -2.00. The van der Waals surface area contributed by atoms with Crippen molar-refractivity contribution in [1.29, 1.82) is 0 Å². The molecule has 0 bridgehead atoms. The van der Waals surface area contributed by atoms with E-state index in [1.807, 2.05) is 0 Å². The summed E-state index contributed by atoms with van der Waals surface area (Å²) in [6, 6.07) is 0. The maximum Gasteiger partial charge on any atom is 0.314 e. The lowest BCUT2D eigenvalue weighted by atomic mass is 10.9. The third kappa shape index (κ3) is 6.88. The summed E-state index contributed by atoms with van der Waals surface area (Å²) in [6.45, 7) is 6.00. The number of hydrogen-bond donors (Lipinski definition) is 0. The van der Waals surface area contributed by atoms with Crippen molar-refractivity contribution in [2.45, 2.75) is 0 Å². The largest absolute Gasteiger partial charge is 0.497 e. The molecule has 0 heterocycles. The zero-order valence-corrected chi connectivity index (χ0v) is 6.72. The summed E-state index contributed by atoms with van der Waals surface area (Å²) >= 11 is 0. The second-order valence-electron chi connectivity index (χ2n) is 1.08. The van der Waals surface area contributed by atoms with E-state index in [-0.39, 0.29) is 0 Å². The zero-order valence-electron chi connectivity index (χ0n) is 6.72. The van der Waals surface area contributed by atoms with Gasteiger partial charge < -0.3 is 14.2 Å². The van der Waals surface area contributed by atoms with Gasteiger partial charge in [-0.15, -0.1) is 13.2 Å². The van der Waals surface area contributed by atoms with Gasteiger partial charge in [-0.25, -0.2) is 0 Å². The Morgan fingerprint density at radius 1 is 1.10 bits per heavy atom. The van der Waals surface area contributed by atoms with Crippen LogP contribution in [0.25, 0.3) is 0 Å². The van der Waals surface area contributed by atoms with Crippen molar-refractivity contribution in [3.05, 3.63) is 25.4 Å². The molecule has 0 radical (unpaired) electrons. The molecule has 0 saturated carbocycles. The molecule has 3 nitrogen and oxygen atoms in total. The van der Waals surface area contributed by atoms with E-state index in [1.54, 1.807) is 0 Å². The number of methoxy groups -OCH3 is 3. The molecule has 0 aliphatic rings. The molecule has 0 aliphatic carbocycles. The van der Waals surface area contributed by atoms with Crippen LogP contribution in [0.15, 0.2) is 25.4 Å².